The van der Waals surface area contributed by atoms with E-state index in [1.54, 1.807) is 0 Å². The van der Waals surface area contributed by atoms with E-state index in [0.717, 1.165) is 25.2 Å². The summed E-state index contributed by atoms with van der Waals surface area (Å²) in [6, 6.07) is 5.12. The highest BCUT2D eigenvalue weighted by molar-refractivity contribution is 5.84. The molecule has 4 heteroatoms. The molecule has 3 unspecified atom stereocenters. The van der Waals surface area contributed by atoms with Crippen LogP contribution in [0.5, 0.6) is 5.75 Å². The van der Waals surface area contributed by atoms with E-state index < -0.39 is 5.41 Å². The van der Waals surface area contributed by atoms with E-state index in [4.69, 9.17) is 9.47 Å². The van der Waals surface area contributed by atoms with Crippen LogP contribution in [0, 0.1) is 29.5 Å². The third-order valence-corrected chi connectivity index (χ3v) is 8.69. The lowest BCUT2D eigenvalue weighted by molar-refractivity contribution is -0.162. The van der Waals surface area contributed by atoms with Gasteiger partial charge in [-0.1, -0.05) is 51.5 Å². The van der Waals surface area contributed by atoms with Crippen molar-refractivity contribution in [3.8, 4) is 5.75 Å². The van der Waals surface area contributed by atoms with Crippen molar-refractivity contribution in [1.29, 1.82) is 0 Å². The van der Waals surface area contributed by atoms with Gasteiger partial charge in [-0.3, -0.25) is 4.79 Å². The topological polar surface area (TPSA) is 35.5 Å². The maximum atomic E-state index is 15.5. The van der Waals surface area contributed by atoms with E-state index >= 15 is 4.39 Å². The summed E-state index contributed by atoms with van der Waals surface area (Å²) < 4.78 is 26.8. The Balaban J connectivity index is 1.67. The van der Waals surface area contributed by atoms with Crippen LogP contribution in [-0.4, -0.2) is 19.2 Å². The Hall–Kier alpha value is -1.58. The summed E-state index contributed by atoms with van der Waals surface area (Å²) in [4.78, 5) is 13.5. The molecule has 0 bridgehead atoms. The Morgan fingerprint density at radius 1 is 1.06 bits per heavy atom. The standard InChI is InChI=1S/C28H41FO3/c1-3-8-20-11-13-21(14-12-20)23-9-5-6-10-24(23)28(17-7-18-32-27(28)30)25-16-15-22(31-4-2)19-26(25)29/h15-16,19-21,23-24H,3-14,17-18H2,1-2H3. The molecule has 1 aliphatic heterocycles. The van der Waals surface area contributed by atoms with Crippen molar-refractivity contribution in [2.24, 2.45) is 23.7 Å². The molecule has 0 N–H and O–H groups in total. The largest absolute Gasteiger partial charge is 0.494 e. The van der Waals surface area contributed by atoms with Crippen LogP contribution in [0.2, 0.25) is 0 Å². The molecule has 0 amide bonds. The fourth-order valence-corrected chi connectivity index (χ4v) is 7.29. The van der Waals surface area contributed by atoms with Gasteiger partial charge in [-0.15, -0.1) is 0 Å². The number of carbonyl (C=O) groups is 1. The third kappa shape index (κ3) is 4.56. The molecule has 1 heterocycles. The van der Waals surface area contributed by atoms with Crippen molar-refractivity contribution in [3.63, 3.8) is 0 Å². The average Bonchev–Trinajstić information content (AvgIpc) is 2.81. The lowest BCUT2D eigenvalue weighted by atomic mass is 9.54. The minimum atomic E-state index is -0.849. The van der Waals surface area contributed by atoms with Crippen molar-refractivity contribution in [2.45, 2.75) is 96.3 Å². The van der Waals surface area contributed by atoms with E-state index in [1.165, 1.54) is 57.4 Å². The number of hydrogen-bond donors (Lipinski definition) is 0. The highest BCUT2D eigenvalue weighted by atomic mass is 19.1. The van der Waals surface area contributed by atoms with Crippen LogP contribution < -0.4 is 4.74 Å². The van der Waals surface area contributed by atoms with Gasteiger partial charge in [0.2, 0.25) is 0 Å². The zero-order valence-electron chi connectivity index (χ0n) is 20.0. The van der Waals surface area contributed by atoms with Gasteiger partial charge in [-0.05, 0) is 75.2 Å². The average molecular weight is 445 g/mol. The van der Waals surface area contributed by atoms with Crippen LogP contribution in [-0.2, 0) is 14.9 Å². The Bertz CT molecular complexity index is 770. The van der Waals surface area contributed by atoms with Crippen molar-refractivity contribution >= 4 is 5.97 Å². The molecule has 3 fully saturated rings. The van der Waals surface area contributed by atoms with Crippen molar-refractivity contribution in [2.75, 3.05) is 13.2 Å². The molecular weight excluding hydrogens is 403 g/mol. The van der Waals surface area contributed by atoms with Crippen LogP contribution >= 0.6 is 0 Å². The Morgan fingerprint density at radius 2 is 1.84 bits per heavy atom. The van der Waals surface area contributed by atoms with Gasteiger partial charge >= 0.3 is 5.97 Å². The molecule has 178 valence electrons. The van der Waals surface area contributed by atoms with E-state index in [2.05, 4.69) is 6.92 Å². The van der Waals surface area contributed by atoms with E-state index in [0.29, 0.717) is 42.8 Å². The fourth-order valence-electron chi connectivity index (χ4n) is 7.29. The van der Waals surface area contributed by atoms with Gasteiger partial charge in [0, 0.05) is 11.6 Å². The highest BCUT2D eigenvalue weighted by Crippen LogP contribution is 2.54. The van der Waals surface area contributed by atoms with E-state index in [1.807, 2.05) is 19.1 Å². The van der Waals surface area contributed by atoms with Crippen molar-refractivity contribution in [3.05, 3.63) is 29.6 Å². The first-order valence-corrected chi connectivity index (χ1v) is 13.2. The van der Waals surface area contributed by atoms with Crippen LogP contribution in [0.3, 0.4) is 0 Å². The summed E-state index contributed by atoms with van der Waals surface area (Å²) in [6.07, 6.45) is 13.8. The third-order valence-electron chi connectivity index (χ3n) is 8.69. The van der Waals surface area contributed by atoms with Gasteiger partial charge in [0.1, 0.15) is 11.6 Å². The number of halogens is 1. The van der Waals surface area contributed by atoms with Crippen molar-refractivity contribution in [1.82, 2.24) is 0 Å². The molecule has 1 aromatic carbocycles. The molecule has 3 nitrogen and oxygen atoms in total. The summed E-state index contributed by atoms with van der Waals surface area (Å²) in [5.41, 5.74) is -0.305. The van der Waals surface area contributed by atoms with E-state index in [-0.39, 0.29) is 17.7 Å². The van der Waals surface area contributed by atoms with Crippen LogP contribution in [0.4, 0.5) is 4.39 Å². The zero-order valence-corrected chi connectivity index (χ0v) is 20.0. The van der Waals surface area contributed by atoms with Crippen molar-refractivity contribution < 1.29 is 18.7 Å². The number of rotatable bonds is 7. The molecule has 0 spiro atoms. The molecule has 2 aliphatic carbocycles. The first-order chi connectivity index (χ1) is 15.6. The lowest BCUT2D eigenvalue weighted by Crippen LogP contribution is -2.52. The molecular formula is C28H41FO3. The second-order valence-electron chi connectivity index (χ2n) is 10.4. The Morgan fingerprint density at radius 3 is 2.53 bits per heavy atom. The van der Waals surface area contributed by atoms with Gasteiger partial charge in [-0.2, -0.15) is 0 Å². The maximum Gasteiger partial charge on any atom is 0.316 e. The quantitative estimate of drug-likeness (QED) is 0.417. The predicted octanol–water partition coefficient (Wildman–Crippen LogP) is 7.21. The molecule has 32 heavy (non-hydrogen) atoms. The van der Waals surface area contributed by atoms with Gasteiger partial charge < -0.3 is 9.47 Å². The van der Waals surface area contributed by atoms with Crippen LogP contribution in [0.1, 0.15) is 96.5 Å². The number of ether oxygens (including phenoxy) is 2. The molecule has 3 aliphatic rings. The number of cyclic esters (lactones) is 1. The number of esters is 1. The maximum absolute atomic E-state index is 15.5. The van der Waals surface area contributed by atoms with Crippen LogP contribution in [0.25, 0.3) is 0 Å². The van der Waals surface area contributed by atoms with E-state index in [9.17, 15) is 4.79 Å². The SMILES string of the molecule is CCCC1CCC(C2CCCCC2C2(c3ccc(OCC)cc3F)CCCOC2=O)CC1. The monoisotopic (exact) mass is 444 g/mol. The fraction of sp³-hybridized carbons (Fsp3) is 0.750. The summed E-state index contributed by atoms with van der Waals surface area (Å²) in [6.45, 7) is 5.14. The Labute approximate surface area is 193 Å². The number of hydrogen-bond acceptors (Lipinski definition) is 3. The second-order valence-corrected chi connectivity index (χ2v) is 10.4. The zero-order chi connectivity index (χ0) is 22.6. The molecule has 0 aromatic heterocycles. The smallest absolute Gasteiger partial charge is 0.316 e. The molecule has 3 atom stereocenters. The molecule has 1 aromatic rings. The summed E-state index contributed by atoms with van der Waals surface area (Å²) in [5, 5.41) is 0. The molecule has 4 rings (SSSR count). The number of carbonyl (C=O) groups excluding carboxylic acids is 1. The first-order valence-electron chi connectivity index (χ1n) is 13.2. The van der Waals surface area contributed by atoms with Gasteiger partial charge in [0.05, 0.1) is 18.6 Å². The predicted molar refractivity (Wildman–Crippen MR) is 125 cm³/mol. The summed E-state index contributed by atoms with van der Waals surface area (Å²) in [5.74, 6) is 2.21. The number of benzene rings is 1. The normalized spacial score (nSPS) is 33.5. The minimum absolute atomic E-state index is 0.171. The van der Waals surface area contributed by atoms with Gasteiger partial charge in [0.15, 0.2) is 0 Å². The van der Waals surface area contributed by atoms with Gasteiger partial charge in [-0.25, -0.2) is 4.39 Å². The first kappa shape index (κ1) is 23.6. The highest BCUT2D eigenvalue weighted by Gasteiger charge is 2.55. The Kier molecular flexibility index (Phi) is 7.78. The minimum Gasteiger partial charge on any atom is -0.494 e. The molecule has 2 saturated carbocycles. The second kappa shape index (κ2) is 10.6. The summed E-state index contributed by atoms with van der Waals surface area (Å²) in [7, 11) is 0. The van der Waals surface area contributed by atoms with Gasteiger partial charge in [0.25, 0.3) is 0 Å². The van der Waals surface area contributed by atoms with Crippen LogP contribution in [0.15, 0.2) is 18.2 Å². The summed E-state index contributed by atoms with van der Waals surface area (Å²) >= 11 is 0. The lowest BCUT2D eigenvalue weighted by Gasteiger charge is -2.50. The molecule has 1 saturated heterocycles. The molecule has 0 radical (unpaired) electrons.